The lowest BCUT2D eigenvalue weighted by molar-refractivity contribution is -0.145. The summed E-state index contributed by atoms with van der Waals surface area (Å²) in [5, 5.41) is 8.17. The van der Waals surface area contributed by atoms with Crippen molar-refractivity contribution in [1.29, 1.82) is 0 Å². The van der Waals surface area contributed by atoms with E-state index in [-0.39, 0.29) is 23.2 Å². The van der Waals surface area contributed by atoms with Gasteiger partial charge in [-0.15, -0.1) is 0 Å². The van der Waals surface area contributed by atoms with Crippen molar-refractivity contribution in [2.45, 2.75) is 109 Å². The summed E-state index contributed by atoms with van der Waals surface area (Å²) >= 11 is 0. The van der Waals surface area contributed by atoms with E-state index in [0.29, 0.717) is 38.6 Å². The van der Waals surface area contributed by atoms with E-state index < -0.39 is 67.8 Å². The van der Waals surface area contributed by atoms with Gasteiger partial charge in [-0.3, -0.25) is 19.2 Å². The van der Waals surface area contributed by atoms with Gasteiger partial charge in [0.05, 0.1) is 6.04 Å². The molecule has 5 amide bonds. The summed E-state index contributed by atoms with van der Waals surface area (Å²) in [6.45, 7) is 9.72. The predicted molar refractivity (Wildman–Crippen MR) is 155 cm³/mol. The summed E-state index contributed by atoms with van der Waals surface area (Å²) in [5.41, 5.74) is 4.28. The molecule has 3 aliphatic carbocycles. The van der Waals surface area contributed by atoms with Gasteiger partial charge in [0.1, 0.15) is 17.0 Å². The molecule has 0 spiro atoms. The molecule has 5 N–H and O–H groups in total. The number of nitrogens with one attached hydrogen (secondary N) is 3. The maximum Gasteiger partial charge on any atom is 0.316 e. The molecule has 42 heavy (non-hydrogen) atoms. The average molecular weight is 610 g/mol. The fraction of sp³-hybridized carbons (Fsp3) is 0.828. The number of amides is 5. The van der Waals surface area contributed by atoms with Crippen LogP contribution < -0.4 is 21.7 Å². The van der Waals surface area contributed by atoms with Gasteiger partial charge >= 0.3 is 6.03 Å². The number of likely N-dealkylation sites (tertiary alicyclic amines) is 1. The predicted octanol–water partition coefficient (Wildman–Crippen LogP) is 1.23. The molecule has 12 nitrogen and oxygen atoms in total. The molecule has 2 unspecified atom stereocenters. The van der Waals surface area contributed by atoms with E-state index in [2.05, 4.69) is 16.0 Å². The Morgan fingerprint density at radius 1 is 1.00 bits per heavy atom. The second-order valence-corrected chi connectivity index (χ2v) is 16.9. The number of piperidine rings is 1. The smallest absolute Gasteiger partial charge is 0.316 e. The summed E-state index contributed by atoms with van der Waals surface area (Å²) < 4.78 is 25.4. The van der Waals surface area contributed by atoms with Crippen LogP contribution in [0, 0.1) is 28.6 Å². The number of ketones is 1. The van der Waals surface area contributed by atoms with Gasteiger partial charge in [0.25, 0.3) is 5.91 Å². The topological polar surface area (TPSA) is 185 Å². The minimum Gasteiger partial charge on any atom is -0.363 e. The summed E-state index contributed by atoms with van der Waals surface area (Å²) in [7, 11) is -3.63. The second-order valence-electron chi connectivity index (χ2n) is 14.6. The largest absolute Gasteiger partial charge is 0.363 e. The number of rotatable bonds is 10. The Bertz CT molecular complexity index is 1250. The van der Waals surface area contributed by atoms with E-state index in [1.165, 1.54) is 4.90 Å². The zero-order chi connectivity index (χ0) is 31.4. The Morgan fingerprint density at radius 2 is 1.60 bits per heavy atom. The van der Waals surface area contributed by atoms with Crippen molar-refractivity contribution in [2.75, 3.05) is 12.8 Å². The number of nitrogens with two attached hydrogens (primary N) is 1. The van der Waals surface area contributed by atoms with Crippen LogP contribution in [0.2, 0.25) is 0 Å². The highest BCUT2D eigenvalue weighted by Gasteiger charge is 2.70. The fourth-order valence-corrected chi connectivity index (χ4v) is 8.37. The van der Waals surface area contributed by atoms with Crippen molar-refractivity contribution in [1.82, 2.24) is 20.9 Å². The molecular formula is C29H47N5O7S. The second kappa shape index (κ2) is 11.1. The molecule has 236 valence electrons. The van der Waals surface area contributed by atoms with E-state index in [1.54, 1.807) is 20.8 Å². The number of hydrogen-bond donors (Lipinski definition) is 4. The molecule has 4 rings (SSSR count). The van der Waals surface area contributed by atoms with Gasteiger partial charge < -0.3 is 26.6 Å². The first-order valence-electron chi connectivity index (χ1n) is 15.0. The molecule has 0 aromatic rings. The van der Waals surface area contributed by atoms with Crippen LogP contribution in [0.15, 0.2) is 0 Å². The van der Waals surface area contributed by atoms with Gasteiger partial charge in [-0.05, 0) is 47.8 Å². The van der Waals surface area contributed by atoms with Crippen LogP contribution in [0.25, 0.3) is 0 Å². The maximum atomic E-state index is 14.1. The Kier molecular flexibility index (Phi) is 8.51. The number of Topliss-reactive ketones (excluding diaryl/α,β-unsaturated/α-hetero) is 1. The number of carbonyl (C=O) groups is 5. The maximum absolute atomic E-state index is 14.1. The number of primary amides is 1. The van der Waals surface area contributed by atoms with E-state index in [9.17, 15) is 32.4 Å². The summed E-state index contributed by atoms with van der Waals surface area (Å²) in [6, 6.07) is -3.76. The lowest BCUT2D eigenvalue weighted by atomic mass is 9.85. The minimum atomic E-state index is -3.63. The molecule has 1 saturated heterocycles. The van der Waals surface area contributed by atoms with Crippen molar-refractivity contribution in [3.05, 3.63) is 0 Å². The molecule has 1 aliphatic heterocycles. The first kappa shape index (κ1) is 32.2. The Morgan fingerprint density at radius 3 is 2.10 bits per heavy atom. The standard InChI is InChI=1S/C29H47N5O7S/c1-27(2,3)22(32-26(39)33-29(42(6,40)41)12-8-7-9-13-29)25(38)34-15-17-19(28(17,4)5)20(34)24(37)31-18(14-16-10-11-16)21(35)23(30)36/h16-20,22H,7-15H2,1-6H3,(H2,30,36)(H,31,37)(H2,32,33,39)/t17?,18?,19-,20-,22+/m0/s1. The van der Waals surface area contributed by atoms with Gasteiger partial charge in [-0.1, -0.05) is 66.7 Å². The number of hydrogen-bond acceptors (Lipinski definition) is 7. The molecular weight excluding hydrogens is 562 g/mol. The van der Waals surface area contributed by atoms with Crippen molar-refractivity contribution in [3.8, 4) is 0 Å². The molecule has 13 heteroatoms. The van der Waals surface area contributed by atoms with Gasteiger partial charge in [0, 0.05) is 12.8 Å². The fourth-order valence-electron chi connectivity index (χ4n) is 7.06. The van der Waals surface area contributed by atoms with Gasteiger partial charge in [-0.2, -0.15) is 0 Å². The van der Waals surface area contributed by atoms with E-state index >= 15 is 0 Å². The Labute approximate surface area is 248 Å². The number of carbonyl (C=O) groups excluding carboxylic acids is 5. The van der Waals surface area contributed by atoms with Gasteiger partial charge in [0.2, 0.25) is 17.6 Å². The Hall–Kier alpha value is -2.70. The highest BCUT2D eigenvalue weighted by molar-refractivity contribution is 7.92. The molecule has 0 radical (unpaired) electrons. The van der Waals surface area contributed by atoms with Crippen molar-refractivity contribution in [3.63, 3.8) is 0 Å². The van der Waals surface area contributed by atoms with E-state index in [4.69, 9.17) is 5.73 Å². The van der Waals surface area contributed by atoms with Crippen molar-refractivity contribution >= 4 is 39.4 Å². The third-order valence-corrected chi connectivity index (χ3v) is 11.9. The van der Waals surface area contributed by atoms with Crippen LogP contribution in [0.5, 0.6) is 0 Å². The molecule has 0 aromatic carbocycles. The first-order chi connectivity index (χ1) is 19.3. The SMILES string of the molecule is CC(C)(C)[C@H](NC(=O)NC1(S(C)(=O)=O)CCCCC1)C(=O)N1CC2[C@@H]([C@H]1C(=O)NC(CC1CC1)C(=O)C(N)=O)C2(C)C. The number of urea groups is 1. The van der Waals surface area contributed by atoms with Crippen LogP contribution in [0.4, 0.5) is 4.79 Å². The molecule has 4 fully saturated rings. The van der Waals surface area contributed by atoms with Crippen molar-refractivity contribution in [2.24, 2.45) is 34.3 Å². The Balaban J connectivity index is 1.55. The molecule has 0 bridgehead atoms. The molecule has 1 heterocycles. The highest BCUT2D eigenvalue weighted by atomic mass is 32.2. The average Bonchev–Trinajstić information content (AvgIpc) is 3.72. The van der Waals surface area contributed by atoms with Crippen LogP contribution >= 0.6 is 0 Å². The summed E-state index contributed by atoms with van der Waals surface area (Å²) in [4.78, 5) is 65.5. The summed E-state index contributed by atoms with van der Waals surface area (Å²) in [5.74, 6) is -2.82. The number of fused-ring (bicyclic) bond motifs is 1. The molecule has 0 aromatic heterocycles. The van der Waals surface area contributed by atoms with Crippen LogP contribution in [-0.4, -0.2) is 78.7 Å². The van der Waals surface area contributed by atoms with Crippen LogP contribution in [0.1, 0.15) is 86.0 Å². The third kappa shape index (κ3) is 6.30. The number of sulfone groups is 1. The molecule has 4 aliphatic rings. The lowest BCUT2D eigenvalue weighted by Gasteiger charge is -2.40. The molecule has 3 saturated carbocycles. The minimum absolute atomic E-state index is 0.0520. The first-order valence-corrected chi connectivity index (χ1v) is 16.9. The van der Waals surface area contributed by atoms with Crippen LogP contribution in [-0.2, 0) is 29.0 Å². The molecule has 5 atom stereocenters. The zero-order valence-electron chi connectivity index (χ0n) is 25.6. The van der Waals surface area contributed by atoms with E-state index in [1.807, 2.05) is 13.8 Å². The quantitative estimate of drug-likeness (QED) is 0.268. The monoisotopic (exact) mass is 609 g/mol. The normalized spacial score (nSPS) is 27.7. The summed E-state index contributed by atoms with van der Waals surface area (Å²) in [6.07, 6.45) is 6.06. The van der Waals surface area contributed by atoms with Crippen LogP contribution in [0.3, 0.4) is 0 Å². The van der Waals surface area contributed by atoms with Crippen molar-refractivity contribution < 1.29 is 32.4 Å². The highest BCUT2D eigenvalue weighted by Crippen LogP contribution is 2.65. The third-order valence-electron chi connectivity index (χ3n) is 10.0. The van der Waals surface area contributed by atoms with Gasteiger partial charge in [0.15, 0.2) is 9.84 Å². The van der Waals surface area contributed by atoms with Gasteiger partial charge in [-0.25, -0.2) is 13.2 Å². The number of nitrogens with zero attached hydrogens (tertiary/aromatic N) is 1. The lowest BCUT2D eigenvalue weighted by Crippen LogP contribution is -2.64. The zero-order valence-corrected chi connectivity index (χ0v) is 26.4. The van der Waals surface area contributed by atoms with E-state index in [0.717, 1.165) is 25.5 Å².